The van der Waals surface area contributed by atoms with Crippen molar-refractivity contribution in [2.24, 2.45) is 0 Å². The molecule has 2 heterocycles. The molecule has 0 spiro atoms. The van der Waals surface area contributed by atoms with Gasteiger partial charge in [-0.25, -0.2) is 0 Å². The van der Waals surface area contributed by atoms with Crippen LogP contribution in [0.25, 0.3) is 6.08 Å². The zero-order valence-electron chi connectivity index (χ0n) is 8.63. The van der Waals surface area contributed by atoms with E-state index in [-0.39, 0.29) is 0 Å². The minimum atomic E-state index is 1.06. The highest BCUT2D eigenvalue weighted by molar-refractivity contribution is 5.42. The standard InChI is InChI=1S/C12H18N2/c1-2-11-6-7-12(13-11)10-14-8-4-3-5-9-14/h2,6-7,13H,1,3-5,8-10H2. The van der Waals surface area contributed by atoms with Crippen molar-refractivity contribution in [2.75, 3.05) is 13.1 Å². The zero-order chi connectivity index (χ0) is 9.80. The number of likely N-dealkylation sites (tertiary alicyclic amines) is 1. The Bertz CT molecular complexity index is 295. The van der Waals surface area contributed by atoms with Gasteiger partial charge in [0.05, 0.1) is 0 Å². The van der Waals surface area contributed by atoms with Crippen molar-refractivity contribution in [1.82, 2.24) is 9.88 Å². The van der Waals surface area contributed by atoms with Crippen LogP contribution in [0.1, 0.15) is 30.7 Å². The van der Waals surface area contributed by atoms with Crippen LogP contribution < -0.4 is 0 Å². The van der Waals surface area contributed by atoms with E-state index in [0.29, 0.717) is 0 Å². The summed E-state index contributed by atoms with van der Waals surface area (Å²) < 4.78 is 0. The Morgan fingerprint density at radius 3 is 2.71 bits per heavy atom. The molecule has 76 valence electrons. The van der Waals surface area contributed by atoms with Gasteiger partial charge in [-0.05, 0) is 44.1 Å². The van der Waals surface area contributed by atoms with Gasteiger partial charge in [0.2, 0.25) is 0 Å². The second-order valence-corrected chi connectivity index (χ2v) is 3.98. The molecule has 1 aliphatic rings. The van der Waals surface area contributed by atoms with E-state index in [4.69, 9.17) is 0 Å². The first-order chi connectivity index (χ1) is 6.88. The highest BCUT2D eigenvalue weighted by atomic mass is 15.1. The Balaban J connectivity index is 1.92. The Hall–Kier alpha value is -1.02. The molecule has 0 radical (unpaired) electrons. The second-order valence-electron chi connectivity index (χ2n) is 3.98. The number of aromatic amines is 1. The average Bonchev–Trinajstić information content (AvgIpc) is 2.67. The SMILES string of the molecule is C=Cc1ccc(CN2CCCCC2)[nH]1. The summed E-state index contributed by atoms with van der Waals surface area (Å²) in [4.78, 5) is 5.87. The number of rotatable bonds is 3. The minimum absolute atomic E-state index is 1.06. The van der Waals surface area contributed by atoms with Gasteiger partial charge >= 0.3 is 0 Å². The van der Waals surface area contributed by atoms with Crippen molar-refractivity contribution in [3.8, 4) is 0 Å². The molecule has 1 N–H and O–H groups in total. The van der Waals surface area contributed by atoms with Crippen molar-refractivity contribution < 1.29 is 0 Å². The summed E-state index contributed by atoms with van der Waals surface area (Å²) in [6.07, 6.45) is 5.98. The van der Waals surface area contributed by atoms with Gasteiger partial charge in [0.1, 0.15) is 0 Å². The van der Waals surface area contributed by atoms with E-state index in [9.17, 15) is 0 Å². The number of H-pyrrole nitrogens is 1. The number of hydrogen-bond acceptors (Lipinski definition) is 1. The maximum atomic E-state index is 3.75. The van der Waals surface area contributed by atoms with E-state index >= 15 is 0 Å². The molecule has 1 aliphatic heterocycles. The fraction of sp³-hybridized carbons (Fsp3) is 0.500. The van der Waals surface area contributed by atoms with E-state index in [1.807, 2.05) is 6.08 Å². The highest BCUT2D eigenvalue weighted by Crippen LogP contribution is 2.12. The third-order valence-electron chi connectivity index (χ3n) is 2.83. The molecule has 2 heteroatoms. The number of piperidine rings is 1. The van der Waals surface area contributed by atoms with Crippen LogP contribution in [0.4, 0.5) is 0 Å². The lowest BCUT2D eigenvalue weighted by Crippen LogP contribution is -2.29. The van der Waals surface area contributed by atoms with Crippen LogP contribution in [0.15, 0.2) is 18.7 Å². The van der Waals surface area contributed by atoms with Gasteiger partial charge in [-0.3, -0.25) is 4.90 Å². The number of nitrogens with zero attached hydrogens (tertiary/aromatic N) is 1. The quantitative estimate of drug-likeness (QED) is 0.776. The van der Waals surface area contributed by atoms with Crippen LogP contribution in [0.5, 0.6) is 0 Å². The molecule has 2 nitrogen and oxygen atoms in total. The van der Waals surface area contributed by atoms with Crippen LogP contribution in [-0.4, -0.2) is 23.0 Å². The highest BCUT2D eigenvalue weighted by Gasteiger charge is 2.10. The molecule has 2 rings (SSSR count). The van der Waals surface area contributed by atoms with Gasteiger partial charge in [0.25, 0.3) is 0 Å². The molecule has 0 aromatic carbocycles. The summed E-state index contributed by atoms with van der Waals surface area (Å²) in [7, 11) is 0. The number of aromatic nitrogens is 1. The van der Waals surface area contributed by atoms with E-state index < -0.39 is 0 Å². The molecule has 1 aromatic heterocycles. The molecule has 1 fully saturated rings. The van der Waals surface area contributed by atoms with Crippen molar-refractivity contribution >= 4 is 6.08 Å². The second kappa shape index (κ2) is 4.47. The molecule has 1 aromatic rings. The first-order valence-corrected chi connectivity index (χ1v) is 5.41. The smallest absolute Gasteiger partial charge is 0.0385 e. The predicted octanol–water partition coefficient (Wildman–Crippen LogP) is 2.64. The Morgan fingerprint density at radius 1 is 1.29 bits per heavy atom. The monoisotopic (exact) mass is 190 g/mol. The summed E-state index contributed by atoms with van der Waals surface area (Å²) in [5.74, 6) is 0. The summed E-state index contributed by atoms with van der Waals surface area (Å²) in [5, 5.41) is 0. The predicted molar refractivity (Wildman–Crippen MR) is 60.0 cm³/mol. The maximum absolute atomic E-state index is 3.75. The summed E-state index contributed by atoms with van der Waals surface area (Å²) in [5.41, 5.74) is 2.43. The molecule has 0 bridgehead atoms. The molecular formula is C12H18N2. The largest absolute Gasteiger partial charge is 0.358 e. The minimum Gasteiger partial charge on any atom is -0.358 e. The molecule has 1 saturated heterocycles. The van der Waals surface area contributed by atoms with Gasteiger partial charge < -0.3 is 4.98 Å². The average molecular weight is 190 g/mol. The van der Waals surface area contributed by atoms with Crippen molar-refractivity contribution in [3.05, 3.63) is 30.1 Å². The molecule has 0 unspecified atom stereocenters. The molecular weight excluding hydrogens is 172 g/mol. The lowest BCUT2D eigenvalue weighted by Gasteiger charge is -2.25. The number of hydrogen-bond donors (Lipinski definition) is 1. The summed E-state index contributed by atoms with van der Waals surface area (Å²) in [6, 6.07) is 4.25. The lowest BCUT2D eigenvalue weighted by molar-refractivity contribution is 0.219. The van der Waals surface area contributed by atoms with Gasteiger partial charge in [-0.15, -0.1) is 0 Å². The van der Waals surface area contributed by atoms with E-state index in [1.54, 1.807) is 0 Å². The molecule has 14 heavy (non-hydrogen) atoms. The Morgan fingerprint density at radius 2 is 2.07 bits per heavy atom. The molecule has 0 aliphatic carbocycles. The van der Waals surface area contributed by atoms with Crippen LogP contribution in [0, 0.1) is 0 Å². The van der Waals surface area contributed by atoms with Crippen LogP contribution in [0.3, 0.4) is 0 Å². The first-order valence-electron chi connectivity index (χ1n) is 5.41. The van der Waals surface area contributed by atoms with Crippen LogP contribution in [-0.2, 0) is 6.54 Å². The summed E-state index contributed by atoms with van der Waals surface area (Å²) in [6.45, 7) is 7.31. The normalized spacial score (nSPS) is 18.3. The zero-order valence-corrected chi connectivity index (χ0v) is 8.63. The van der Waals surface area contributed by atoms with Gasteiger partial charge in [-0.1, -0.05) is 13.0 Å². The van der Waals surface area contributed by atoms with Gasteiger partial charge in [0, 0.05) is 17.9 Å². The van der Waals surface area contributed by atoms with E-state index in [0.717, 1.165) is 12.2 Å². The van der Waals surface area contributed by atoms with Gasteiger partial charge in [0.15, 0.2) is 0 Å². The van der Waals surface area contributed by atoms with Crippen molar-refractivity contribution in [1.29, 1.82) is 0 Å². The lowest BCUT2D eigenvalue weighted by atomic mass is 10.1. The maximum Gasteiger partial charge on any atom is 0.0385 e. The molecule has 0 saturated carbocycles. The van der Waals surface area contributed by atoms with Crippen LogP contribution in [0.2, 0.25) is 0 Å². The number of nitrogens with one attached hydrogen (secondary N) is 1. The Kier molecular flexibility index (Phi) is 3.04. The van der Waals surface area contributed by atoms with E-state index in [1.165, 1.54) is 38.0 Å². The van der Waals surface area contributed by atoms with E-state index in [2.05, 4.69) is 28.6 Å². The fourth-order valence-corrected chi connectivity index (χ4v) is 2.03. The van der Waals surface area contributed by atoms with Crippen molar-refractivity contribution in [3.63, 3.8) is 0 Å². The van der Waals surface area contributed by atoms with Gasteiger partial charge in [-0.2, -0.15) is 0 Å². The Labute approximate surface area is 85.6 Å². The molecule has 0 atom stereocenters. The van der Waals surface area contributed by atoms with Crippen molar-refractivity contribution in [2.45, 2.75) is 25.8 Å². The first kappa shape index (κ1) is 9.53. The topological polar surface area (TPSA) is 19.0 Å². The molecule has 0 amide bonds. The third kappa shape index (κ3) is 2.26. The fourth-order valence-electron chi connectivity index (χ4n) is 2.03. The summed E-state index contributed by atoms with van der Waals surface area (Å²) >= 11 is 0. The van der Waals surface area contributed by atoms with Crippen LogP contribution >= 0.6 is 0 Å². The third-order valence-corrected chi connectivity index (χ3v) is 2.83.